The number of benzene rings is 3. The molecule has 1 unspecified atom stereocenters. The predicted octanol–water partition coefficient (Wildman–Crippen LogP) is 4.43. The highest BCUT2D eigenvalue weighted by molar-refractivity contribution is 7.92. The molecule has 3 aromatic carbocycles. The Morgan fingerprint density at radius 1 is 0.909 bits per heavy atom. The molecule has 7 nitrogen and oxygen atoms in total. The molecule has 1 atom stereocenters. The number of anilines is 2. The van der Waals surface area contributed by atoms with Crippen LogP contribution in [0, 0.1) is 6.92 Å². The van der Waals surface area contributed by atoms with Crippen LogP contribution in [0.3, 0.4) is 0 Å². The molecule has 0 bridgehead atoms. The van der Waals surface area contributed by atoms with E-state index in [0.29, 0.717) is 22.7 Å². The monoisotopic (exact) mass is 466 g/mol. The van der Waals surface area contributed by atoms with Crippen molar-refractivity contribution in [3.63, 3.8) is 0 Å². The molecule has 0 saturated heterocycles. The van der Waals surface area contributed by atoms with Crippen molar-refractivity contribution in [2.75, 3.05) is 16.7 Å². The van der Waals surface area contributed by atoms with Gasteiger partial charge in [0.1, 0.15) is 5.75 Å². The molecule has 0 spiro atoms. The van der Waals surface area contributed by atoms with Gasteiger partial charge in [0, 0.05) is 18.3 Å². The number of carbonyl (C=O) groups excluding carboxylic acids is 2. The lowest BCUT2D eigenvalue weighted by Gasteiger charge is -2.20. The van der Waals surface area contributed by atoms with Gasteiger partial charge in [-0.15, -0.1) is 0 Å². The summed E-state index contributed by atoms with van der Waals surface area (Å²) in [6.07, 6.45) is -0.794. The van der Waals surface area contributed by atoms with Gasteiger partial charge in [0.2, 0.25) is 0 Å². The molecule has 3 aromatic rings. The second-order valence-electron chi connectivity index (χ2n) is 7.66. The van der Waals surface area contributed by atoms with Crippen LogP contribution in [-0.4, -0.2) is 33.3 Å². The second-order valence-corrected chi connectivity index (χ2v) is 9.63. The summed E-state index contributed by atoms with van der Waals surface area (Å²) in [4.78, 5) is 24.0. The maximum Gasteiger partial charge on any atom is 0.265 e. The normalized spacial score (nSPS) is 12.0. The van der Waals surface area contributed by atoms with Crippen LogP contribution in [0.4, 0.5) is 11.4 Å². The summed E-state index contributed by atoms with van der Waals surface area (Å²) in [5.74, 6) is 0.0218. The number of amides is 1. The number of hydrogen-bond donors (Lipinski definition) is 1. The van der Waals surface area contributed by atoms with E-state index in [1.807, 2.05) is 6.92 Å². The third kappa shape index (κ3) is 5.78. The first kappa shape index (κ1) is 24.0. The highest BCUT2D eigenvalue weighted by Crippen LogP contribution is 2.25. The number of aryl methyl sites for hydroxylation is 1. The molecule has 0 aliphatic rings. The third-order valence-corrected chi connectivity index (χ3v) is 6.92. The van der Waals surface area contributed by atoms with Crippen molar-refractivity contribution < 1.29 is 22.7 Å². The predicted molar refractivity (Wildman–Crippen MR) is 128 cm³/mol. The summed E-state index contributed by atoms with van der Waals surface area (Å²) in [5, 5.41) is 2.74. The molecule has 0 aliphatic heterocycles. The van der Waals surface area contributed by atoms with Gasteiger partial charge >= 0.3 is 0 Å². The van der Waals surface area contributed by atoms with Crippen molar-refractivity contribution in [2.24, 2.45) is 0 Å². The molecule has 1 N–H and O–H groups in total. The zero-order valence-electron chi connectivity index (χ0n) is 18.9. The number of Topliss-reactive ketones (excluding diaryl/α,β-unsaturated/α-hetero) is 1. The van der Waals surface area contributed by atoms with E-state index >= 15 is 0 Å². The SMILES string of the molecule is CC(=O)c1ccc(NC(=O)C(C)Oc2ccc(N(C)S(=O)(=O)c3ccc(C)cc3)cc2)cc1. The molecule has 8 heteroatoms. The molecule has 172 valence electrons. The Morgan fingerprint density at radius 3 is 2.03 bits per heavy atom. The second kappa shape index (κ2) is 9.87. The summed E-state index contributed by atoms with van der Waals surface area (Å²) in [7, 11) is -2.21. The Bertz CT molecular complexity index is 1240. The molecule has 1 amide bonds. The molecule has 0 aliphatic carbocycles. The van der Waals surface area contributed by atoms with Gasteiger partial charge in [0.25, 0.3) is 15.9 Å². The van der Waals surface area contributed by atoms with Crippen LogP contribution in [-0.2, 0) is 14.8 Å². The average molecular weight is 467 g/mol. The van der Waals surface area contributed by atoms with E-state index in [9.17, 15) is 18.0 Å². The van der Waals surface area contributed by atoms with Crippen LogP contribution >= 0.6 is 0 Å². The van der Waals surface area contributed by atoms with Gasteiger partial charge in [-0.05, 0) is 81.4 Å². The maximum atomic E-state index is 12.9. The van der Waals surface area contributed by atoms with Crippen molar-refractivity contribution >= 4 is 33.1 Å². The Hall–Kier alpha value is -3.65. The van der Waals surface area contributed by atoms with E-state index in [2.05, 4.69) is 5.32 Å². The van der Waals surface area contributed by atoms with E-state index in [-0.39, 0.29) is 16.6 Å². The summed E-state index contributed by atoms with van der Waals surface area (Å²) in [6, 6.07) is 19.7. The van der Waals surface area contributed by atoms with Gasteiger partial charge in [-0.1, -0.05) is 17.7 Å². The summed E-state index contributed by atoms with van der Waals surface area (Å²) < 4.78 is 32.6. The summed E-state index contributed by atoms with van der Waals surface area (Å²) in [6.45, 7) is 4.98. The minimum Gasteiger partial charge on any atom is -0.481 e. The molecule has 0 aromatic heterocycles. The Kier molecular flexibility index (Phi) is 7.18. The smallest absolute Gasteiger partial charge is 0.265 e. The summed E-state index contributed by atoms with van der Waals surface area (Å²) >= 11 is 0. The van der Waals surface area contributed by atoms with Crippen LogP contribution < -0.4 is 14.4 Å². The highest BCUT2D eigenvalue weighted by Gasteiger charge is 2.21. The molecule has 33 heavy (non-hydrogen) atoms. The van der Waals surface area contributed by atoms with E-state index in [1.165, 1.54) is 18.3 Å². The number of ketones is 1. The molecular weight excluding hydrogens is 440 g/mol. The number of hydrogen-bond acceptors (Lipinski definition) is 5. The Labute approximate surface area is 194 Å². The maximum absolute atomic E-state index is 12.9. The van der Waals surface area contributed by atoms with Gasteiger partial charge in [-0.25, -0.2) is 8.42 Å². The number of rotatable bonds is 8. The quantitative estimate of drug-likeness (QED) is 0.496. The minimum absolute atomic E-state index is 0.0506. The highest BCUT2D eigenvalue weighted by atomic mass is 32.2. The standard InChI is InChI=1S/C25H26N2O5S/c1-17-5-15-24(16-6-17)33(30,31)27(4)22-11-13-23(14-12-22)32-19(3)25(29)26-21-9-7-20(8-10-21)18(2)28/h5-16,19H,1-4H3,(H,26,29). The lowest BCUT2D eigenvalue weighted by molar-refractivity contribution is -0.122. The van der Waals surface area contributed by atoms with Crippen LogP contribution in [0.25, 0.3) is 0 Å². The van der Waals surface area contributed by atoms with Crippen molar-refractivity contribution in [3.05, 3.63) is 83.9 Å². The molecule has 3 rings (SSSR count). The van der Waals surface area contributed by atoms with Crippen molar-refractivity contribution in [1.29, 1.82) is 0 Å². The van der Waals surface area contributed by atoms with Crippen molar-refractivity contribution in [1.82, 2.24) is 0 Å². The van der Waals surface area contributed by atoms with E-state index < -0.39 is 16.1 Å². The lowest BCUT2D eigenvalue weighted by Crippen LogP contribution is -2.30. The van der Waals surface area contributed by atoms with E-state index in [0.717, 1.165) is 5.56 Å². The molecule has 0 radical (unpaired) electrons. The topological polar surface area (TPSA) is 92.8 Å². The minimum atomic E-state index is -3.69. The van der Waals surface area contributed by atoms with Gasteiger partial charge in [-0.3, -0.25) is 13.9 Å². The zero-order chi connectivity index (χ0) is 24.2. The first-order valence-electron chi connectivity index (χ1n) is 10.3. The molecular formula is C25H26N2O5S. The fourth-order valence-electron chi connectivity index (χ4n) is 3.03. The lowest BCUT2D eigenvalue weighted by atomic mass is 10.1. The molecule has 0 saturated carbocycles. The van der Waals surface area contributed by atoms with Crippen LogP contribution in [0.15, 0.2) is 77.7 Å². The molecule has 0 heterocycles. The number of nitrogens with zero attached hydrogens (tertiary/aromatic N) is 1. The fraction of sp³-hybridized carbons (Fsp3) is 0.200. The molecule has 0 fully saturated rings. The summed E-state index contributed by atoms with van der Waals surface area (Å²) in [5.41, 5.74) is 2.56. The van der Waals surface area contributed by atoms with Gasteiger partial charge in [0.15, 0.2) is 11.9 Å². The van der Waals surface area contributed by atoms with E-state index in [1.54, 1.807) is 79.7 Å². The van der Waals surface area contributed by atoms with Gasteiger partial charge < -0.3 is 10.1 Å². The number of carbonyl (C=O) groups is 2. The first-order chi connectivity index (χ1) is 15.6. The fourth-order valence-corrected chi connectivity index (χ4v) is 4.23. The largest absolute Gasteiger partial charge is 0.481 e. The third-order valence-electron chi connectivity index (χ3n) is 5.12. The average Bonchev–Trinajstić information content (AvgIpc) is 2.79. The number of sulfonamides is 1. The first-order valence-corrected chi connectivity index (χ1v) is 11.8. The van der Waals surface area contributed by atoms with Gasteiger partial charge in [0.05, 0.1) is 10.6 Å². The van der Waals surface area contributed by atoms with E-state index in [4.69, 9.17) is 4.74 Å². The van der Waals surface area contributed by atoms with Crippen LogP contribution in [0.5, 0.6) is 5.75 Å². The van der Waals surface area contributed by atoms with Crippen LogP contribution in [0.1, 0.15) is 29.8 Å². The number of ether oxygens (including phenoxy) is 1. The van der Waals surface area contributed by atoms with Crippen molar-refractivity contribution in [3.8, 4) is 5.75 Å². The Morgan fingerprint density at radius 2 is 1.48 bits per heavy atom. The van der Waals surface area contributed by atoms with Gasteiger partial charge in [-0.2, -0.15) is 0 Å². The zero-order valence-corrected chi connectivity index (χ0v) is 19.7. The van der Waals surface area contributed by atoms with Crippen molar-refractivity contribution in [2.45, 2.75) is 31.8 Å². The van der Waals surface area contributed by atoms with Crippen LogP contribution in [0.2, 0.25) is 0 Å². The Balaban J connectivity index is 1.64. The number of nitrogens with one attached hydrogen (secondary N) is 1.